The molecule has 7 heteroatoms. The van der Waals surface area contributed by atoms with Gasteiger partial charge >= 0.3 is 5.97 Å². The Morgan fingerprint density at radius 2 is 1.90 bits per heavy atom. The molecule has 1 saturated heterocycles. The summed E-state index contributed by atoms with van der Waals surface area (Å²) in [4.78, 5) is 27.3. The van der Waals surface area contributed by atoms with Crippen LogP contribution in [0.1, 0.15) is 52.6 Å². The van der Waals surface area contributed by atoms with Gasteiger partial charge in [-0.2, -0.15) is 0 Å². The first kappa shape index (κ1) is 22.0. The van der Waals surface area contributed by atoms with Crippen LogP contribution in [0.4, 0.5) is 8.78 Å². The van der Waals surface area contributed by atoms with Crippen LogP contribution in [0.5, 0.6) is 0 Å². The van der Waals surface area contributed by atoms with Crippen molar-refractivity contribution in [3.05, 3.63) is 57.9 Å². The molecule has 0 spiro atoms. The Morgan fingerprint density at radius 3 is 2.57 bits per heavy atom. The van der Waals surface area contributed by atoms with Gasteiger partial charge in [0, 0.05) is 30.4 Å². The van der Waals surface area contributed by atoms with Gasteiger partial charge in [-0.05, 0) is 57.7 Å². The number of likely N-dealkylation sites (tertiary alicyclic amines) is 1. The van der Waals surface area contributed by atoms with Crippen LogP contribution < -0.4 is 0 Å². The van der Waals surface area contributed by atoms with Gasteiger partial charge in [-0.3, -0.25) is 9.59 Å². The number of aromatic nitrogens is 1. The first-order valence-corrected chi connectivity index (χ1v) is 10.3. The fourth-order valence-electron chi connectivity index (χ4n) is 4.08. The molecular formula is C23H28F2N2O3. The number of piperidine rings is 1. The third kappa shape index (κ3) is 4.25. The summed E-state index contributed by atoms with van der Waals surface area (Å²) in [7, 11) is 0. The maximum absolute atomic E-state index is 14.3. The Labute approximate surface area is 175 Å². The number of hydrogen-bond donors (Lipinski definition) is 0. The highest BCUT2D eigenvalue weighted by Crippen LogP contribution is 2.27. The molecule has 1 aromatic heterocycles. The van der Waals surface area contributed by atoms with E-state index in [0.29, 0.717) is 37.4 Å². The monoisotopic (exact) mass is 418 g/mol. The maximum atomic E-state index is 14.3. The van der Waals surface area contributed by atoms with Gasteiger partial charge in [0.2, 0.25) is 0 Å². The first-order valence-electron chi connectivity index (χ1n) is 10.3. The molecule has 1 aliphatic rings. The zero-order valence-electron chi connectivity index (χ0n) is 17.9. The zero-order valence-corrected chi connectivity index (χ0v) is 17.9. The lowest BCUT2D eigenvalue weighted by atomic mass is 9.97. The topological polar surface area (TPSA) is 51.5 Å². The van der Waals surface area contributed by atoms with Crippen molar-refractivity contribution in [2.75, 3.05) is 19.7 Å². The second kappa shape index (κ2) is 8.98. The quantitative estimate of drug-likeness (QED) is 0.686. The number of ether oxygens (including phenoxy) is 1. The lowest BCUT2D eigenvalue weighted by Gasteiger charge is -2.32. The summed E-state index contributed by atoms with van der Waals surface area (Å²) in [6, 6.07) is 3.47. The number of amides is 1. The highest BCUT2D eigenvalue weighted by atomic mass is 19.1. The third-order valence-electron chi connectivity index (χ3n) is 6.01. The van der Waals surface area contributed by atoms with Gasteiger partial charge in [0.25, 0.3) is 5.91 Å². The molecule has 0 saturated carbocycles. The smallest absolute Gasteiger partial charge is 0.310 e. The molecule has 0 aliphatic carbocycles. The predicted molar refractivity (Wildman–Crippen MR) is 109 cm³/mol. The zero-order chi connectivity index (χ0) is 22.0. The highest BCUT2D eigenvalue weighted by molar-refractivity contribution is 5.95. The minimum atomic E-state index is -0.642. The van der Waals surface area contributed by atoms with Crippen molar-refractivity contribution in [1.29, 1.82) is 0 Å². The van der Waals surface area contributed by atoms with Gasteiger partial charge < -0.3 is 14.2 Å². The second-order valence-corrected chi connectivity index (χ2v) is 7.85. The minimum absolute atomic E-state index is 0.128. The van der Waals surface area contributed by atoms with E-state index in [2.05, 4.69) is 0 Å². The van der Waals surface area contributed by atoms with Crippen molar-refractivity contribution >= 4 is 11.9 Å². The maximum Gasteiger partial charge on any atom is 0.310 e. The van der Waals surface area contributed by atoms with Crippen molar-refractivity contribution in [3.8, 4) is 0 Å². The van der Waals surface area contributed by atoms with E-state index in [1.807, 2.05) is 20.8 Å². The van der Waals surface area contributed by atoms with Gasteiger partial charge in [-0.15, -0.1) is 0 Å². The molecule has 1 fully saturated rings. The molecule has 5 nitrogen and oxygen atoms in total. The molecule has 0 radical (unpaired) electrons. The van der Waals surface area contributed by atoms with E-state index in [1.54, 1.807) is 16.4 Å². The number of hydrogen-bond acceptors (Lipinski definition) is 3. The van der Waals surface area contributed by atoms with Crippen LogP contribution in [0.25, 0.3) is 0 Å². The standard InChI is InChI=1S/C23H28F2N2O3/c1-5-30-23(29)18-7-6-10-26(12-18)22(28)21-15(3)14(2)16(4)27(21)13-17-8-9-19(24)11-20(17)25/h8-9,11,18H,5-7,10,12-13H2,1-4H3. The molecule has 2 heterocycles. The van der Waals surface area contributed by atoms with Crippen LogP contribution in [0.2, 0.25) is 0 Å². The normalized spacial score (nSPS) is 16.6. The van der Waals surface area contributed by atoms with E-state index in [-0.39, 0.29) is 24.3 Å². The minimum Gasteiger partial charge on any atom is -0.466 e. The van der Waals surface area contributed by atoms with Crippen LogP contribution in [0, 0.1) is 38.3 Å². The summed E-state index contributed by atoms with van der Waals surface area (Å²) in [6.07, 6.45) is 1.42. The molecule has 1 aromatic carbocycles. The van der Waals surface area contributed by atoms with E-state index >= 15 is 0 Å². The summed E-state index contributed by atoms with van der Waals surface area (Å²) in [6.45, 7) is 8.76. The van der Waals surface area contributed by atoms with Gasteiger partial charge in [0.1, 0.15) is 17.3 Å². The van der Waals surface area contributed by atoms with Crippen molar-refractivity contribution in [2.45, 2.75) is 47.1 Å². The first-order chi connectivity index (χ1) is 14.2. The molecule has 0 bridgehead atoms. The van der Waals surface area contributed by atoms with Crippen LogP contribution in [0.15, 0.2) is 18.2 Å². The average Bonchev–Trinajstić information content (AvgIpc) is 2.93. The molecule has 1 unspecified atom stereocenters. The number of rotatable bonds is 5. The van der Waals surface area contributed by atoms with Crippen molar-refractivity contribution < 1.29 is 23.1 Å². The largest absolute Gasteiger partial charge is 0.466 e. The van der Waals surface area contributed by atoms with E-state index in [0.717, 1.165) is 29.3 Å². The molecule has 3 rings (SSSR count). The van der Waals surface area contributed by atoms with Gasteiger partial charge in [-0.25, -0.2) is 8.78 Å². The second-order valence-electron chi connectivity index (χ2n) is 7.85. The molecule has 2 aromatic rings. The molecule has 1 atom stereocenters. The number of esters is 1. The molecule has 1 aliphatic heterocycles. The van der Waals surface area contributed by atoms with E-state index in [1.165, 1.54) is 12.1 Å². The molecule has 30 heavy (non-hydrogen) atoms. The average molecular weight is 418 g/mol. The predicted octanol–water partition coefficient (Wildman–Crippen LogP) is 4.16. The van der Waals surface area contributed by atoms with E-state index < -0.39 is 11.6 Å². The van der Waals surface area contributed by atoms with Crippen molar-refractivity contribution in [1.82, 2.24) is 9.47 Å². The fourth-order valence-corrected chi connectivity index (χ4v) is 4.08. The molecule has 0 N–H and O–H groups in total. The van der Waals surface area contributed by atoms with E-state index in [9.17, 15) is 18.4 Å². The lowest BCUT2D eigenvalue weighted by Crippen LogP contribution is -2.43. The summed E-state index contributed by atoms with van der Waals surface area (Å²) < 4.78 is 34.5. The number of halogens is 2. The number of carbonyl (C=O) groups excluding carboxylic acids is 2. The van der Waals surface area contributed by atoms with Crippen molar-refractivity contribution in [2.24, 2.45) is 5.92 Å². The van der Waals surface area contributed by atoms with Crippen LogP contribution in [-0.4, -0.2) is 41.0 Å². The van der Waals surface area contributed by atoms with Gasteiger partial charge in [-0.1, -0.05) is 6.07 Å². The van der Waals surface area contributed by atoms with Gasteiger partial charge in [0.05, 0.1) is 19.1 Å². The van der Waals surface area contributed by atoms with Gasteiger partial charge in [0.15, 0.2) is 0 Å². The third-order valence-corrected chi connectivity index (χ3v) is 6.01. The Hall–Kier alpha value is -2.70. The highest BCUT2D eigenvalue weighted by Gasteiger charge is 2.32. The van der Waals surface area contributed by atoms with Crippen molar-refractivity contribution in [3.63, 3.8) is 0 Å². The Balaban J connectivity index is 1.92. The summed E-state index contributed by atoms with van der Waals surface area (Å²) >= 11 is 0. The Kier molecular flexibility index (Phi) is 6.58. The summed E-state index contributed by atoms with van der Waals surface area (Å²) in [5.41, 5.74) is 3.45. The number of nitrogens with zero attached hydrogens (tertiary/aromatic N) is 2. The number of carbonyl (C=O) groups is 2. The Bertz CT molecular complexity index is 968. The Morgan fingerprint density at radius 1 is 1.17 bits per heavy atom. The lowest BCUT2D eigenvalue weighted by molar-refractivity contribution is -0.149. The molecule has 162 valence electrons. The SMILES string of the molecule is CCOC(=O)C1CCCN(C(=O)c2c(C)c(C)c(C)n2Cc2ccc(F)cc2F)C1. The van der Waals surface area contributed by atoms with Crippen LogP contribution >= 0.6 is 0 Å². The molecular weight excluding hydrogens is 390 g/mol. The van der Waals surface area contributed by atoms with E-state index in [4.69, 9.17) is 4.74 Å². The number of benzene rings is 1. The van der Waals surface area contributed by atoms with Crippen LogP contribution in [-0.2, 0) is 16.1 Å². The van der Waals surface area contributed by atoms with Crippen LogP contribution in [0.3, 0.4) is 0 Å². The summed E-state index contributed by atoms with van der Waals surface area (Å²) in [5.74, 6) is -2.06. The molecule has 1 amide bonds. The fraction of sp³-hybridized carbons (Fsp3) is 0.478. The summed E-state index contributed by atoms with van der Waals surface area (Å²) in [5, 5.41) is 0.